The minimum atomic E-state index is -1.30. The molecule has 2 aromatic heterocycles. The van der Waals surface area contributed by atoms with Gasteiger partial charge in [-0.15, -0.1) is 4.99 Å². The number of carboxylic acid groups (broad SMARTS) is 1. The molecule has 0 bridgehead atoms. The molecule has 0 saturated carbocycles. The SMILES string of the molecule is NC(=NC(=O)O)N1CCC(c2[nH]nc(-c3ccc(F)cc3)c2-c2ccncc2)CC1. The van der Waals surface area contributed by atoms with Crippen LogP contribution in [-0.4, -0.2) is 50.3 Å². The van der Waals surface area contributed by atoms with Crippen molar-refractivity contribution < 1.29 is 14.3 Å². The summed E-state index contributed by atoms with van der Waals surface area (Å²) in [7, 11) is 0. The summed E-state index contributed by atoms with van der Waals surface area (Å²) in [6.07, 6.45) is 3.68. The van der Waals surface area contributed by atoms with Gasteiger partial charge in [-0.3, -0.25) is 10.1 Å². The number of guanidine groups is 1. The average molecular weight is 408 g/mol. The van der Waals surface area contributed by atoms with Gasteiger partial charge in [0.05, 0.1) is 0 Å². The number of benzene rings is 1. The molecule has 30 heavy (non-hydrogen) atoms. The molecule has 8 nitrogen and oxygen atoms in total. The van der Waals surface area contributed by atoms with Crippen LogP contribution in [0, 0.1) is 5.82 Å². The lowest BCUT2D eigenvalue weighted by atomic mass is 9.88. The minimum Gasteiger partial charge on any atom is -0.463 e. The molecule has 3 aromatic rings. The molecule has 154 valence electrons. The molecule has 1 saturated heterocycles. The van der Waals surface area contributed by atoms with Crippen LogP contribution >= 0.6 is 0 Å². The van der Waals surface area contributed by atoms with E-state index in [1.54, 1.807) is 29.4 Å². The van der Waals surface area contributed by atoms with Crippen molar-refractivity contribution in [3.63, 3.8) is 0 Å². The van der Waals surface area contributed by atoms with E-state index in [-0.39, 0.29) is 17.7 Å². The molecule has 1 aliphatic heterocycles. The van der Waals surface area contributed by atoms with Crippen LogP contribution in [0.2, 0.25) is 0 Å². The van der Waals surface area contributed by atoms with Crippen molar-refractivity contribution in [2.75, 3.05) is 13.1 Å². The van der Waals surface area contributed by atoms with Gasteiger partial charge >= 0.3 is 6.09 Å². The van der Waals surface area contributed by atoms with Gasteiger partial charge in [-0.25, -0.2) is 9.18 Å². The second kappa shape index (κ2) is 8.32. The van der Waals surface area contributed by atoms with Crippen LogP contribution in [0.4, 0.5) is 9.18 Å². The first kappa shape index (κ1) is 19.6. The Morgan fingerprint density at radius 2 is 1.80 bits per heavy atom. The topological polar surface area (TPSA) is 120 Å². The maximum absolute atomic E-state index is 13.4. The summed E-state index contributed by atoms with van der Waals surface area (Å²) in [5, 5.41) is 16.5. The third-order valence-electron chi connectivity index (χ3n) is 5.32. The van der Waals surface area contributed by atoms with Crippen molar-refractivity contribution >= 4 is 12.1 Å². The van der Waals surface area contributed by atoms with Crippen molar-refractivity contribution in [3.8, 4) is 22.4 Å². The molecule has 0 radical (unpaired) electrons. The number of halogens is 1. The molecule has 0 atom stereocenters. The molecule has 1 aromatic carbocycles. The monoisotopic (exact) mass is 408 g/mol. The van der Waals surface area contributed by atoms with Crippen molar-refractivity contribution in [2.24, 2.45) is 10.7 Å². The van der Waals surface area contributed by atoms with E-state index in [1.165, 1.54) is 12.1 Å². The molecule has 1 fully saturated rings. The van der Waals surface area contributed by atoms with Crippen LogP contribution in [0.3, 0.4) is 0 Å². The molecule has 1 aliphatic rings. The quantitative estimate of drug-likeness (QED) is 0.451. The Hall–Kier alpha value is -3.75. The van der Waals surface area contributed by atoms with Gasteiger partial charge in [-0.1, -0.05) is 0 Å². The van der Waals surface area contributed by atoms with E-state index < -0.39 is 6.09 Å². The summed E-state index contributed by atoms with van der Waals surface area (Å²) in [6.45, 7) is 1.18. The Morgan fingerprint density at radius 1 is 1.13 bits per heavy atom. The number of hydrogen-bond acceptors (Lipinski definition) is 3. The predicted molar refractivity (Wildman–Crippen MR) is 110 cm³/mol. The third kappa shape index (κ3) is 4.00. The van der Waals surface area contributed by atoms with Crippen molar-refractivity contribution in [1.29, 1.82) is 0 Å². The van der Waals surface area contributed by atoms with Gasteiger partial charge in [0.2, 0.25) is 5.96 Å². The molecule has 4 N–H and O–H groups in total. The number of pyridine rings is 1. The number of aromatic nitrogens is 3. The van der Waals surface area contributed by atoms with E-state index in [9.17, 15) is 9.18 Å². The maximum Gasteiger partial charge on any atom is 0.434 e. The van der Waals surface area contributed by atoms with Crippen LogP contribution < -0.4 is 5.73 Å². The second-order valence-electron chi connectivity index (χ2n) is 7.12. The molecule has 3 heterocycles. The molecule has 1 amide bonds. The smallest absolute Gasteiger partial charge is 0.434 e. The number of nitrogens with zero attached hydrogens (tertiary/aromatic N) is 4. The largest absolute Gasteiger partial charge is 0.463 e. The molecular weight excluding hydrogens is 387 g/mol. The van der Waals surface area contributed by atoms with Crippen LogP contribution in [0.15, 0.2) is 53.8 Å². The van der Waals surface area contributed by atoms with E-state index >= 15 is 0 Å². The molecule has 4 rings (SSSR count). The number of H-pyrrole nitrogens is 1. The minimum absolute atomic E-state index is 0.0203. The fourth-order valence-electron chi connectivity index (χ4n) is 3.84. The standard InChI is InChI=1S/C21H21FN6O2/c22-16-3-1-14(2-4-16)18-17(13-5-9-24-10-6-13)19(27-26-18)15-7-11-28(12-8-15)20(23)25-21(29)30/h1-6,9-10,15H,7-8,11-12H2,(H2,23,25)(H,26,27)(H,29,30). The normalized spacial score (nSPS) is 15.4. The second-order valence-corrected chi connectivity index (χ2v) is 7.12. The van der Waals surface area contributed by atoms with Gasteiger partial charge in [0, 0.05) is 48.2 Å². The number of aromatic amines is 1. The lowest BCUT2D eigenvalue weighted by Gasteiger charge is -2.32. The van der Waals surface area contributed by atoms with E-state index in [2.05, 4.69) is 20.2 Å². The molecule has 0 aliphatic carbocycles. The Balaban J connectivity index is 1.66. The number of rotatable bonds is 3. The number of likely N-dealkylation sites (tertiary alicyclic amines) is 1. The van der Waals surface area contributed by atoms with Gasteiger partial charge in [-0.05, 0) is 54.8 Å². The van der Waals surface area contributed by atoms with Crippen LogP contribution in [0.1, 0.15) is 24.5 Å². The fraction of sp³-hybridized carbons (Fsp3) is 0.238. The summed E-state index contributed by atoms with van der Waals surface area (Å²) in [5.41, 5.74) is 10.3. The first-order valence-electron chi connectivity index (χ1n) is 9.59. The Morgan fingerprint density at radius 3 is 2.43 bits per heavy atom. The molecule has 9 heteroatoms. The first-order chi connectivity index (χ1) is 14.5. The molecule has 0 spiro atoms. The maximum atomic E-state index is 13.4. The van der Waals surface area contributed by atoms with E-state index in [4.69, 9.17) is 10.8 Å². The van der Waals surface area contributed by atoms with Gasteiger partial charge in [-0.2, -0.15) is 5.10 Å². The molecular formula is C21H21FN6O2. The highest BCUT2D eigenvalue weighted by Gasteiger charge is 2.28. The predicted octanol–water partition coefficient (Wildman–Crippen LogP) is 3.45. The summed E-state index contributed by atoms with van der Waals surface area (Å²) >= 11 is 0. The lowest BCUT2D eigenvalue weighted by molar-refractivity contribution is 0.204. The Labute approximate surface area is 172 Å². The first-order valence-corrected chi connectivity index (χ1v) is 9.59. The van der Waals surface area contributed by atoms with E-state index in [0.717, 1.165) is 40.9 Å². The van der Waals surface area contributed by atoms with Crippen LogP contribution in [0.25, 0.3) is 22.4 Å². The summed E-state index contributed by atoms with van der Waals surface area (Å²) in [4.78, 5) is 20.0. The number of nitrogens with one attached hydrogen (secondary N) is 1. The zero-order valence-electron chi connectivity index (χ0n) is 16.1. The van der Waals surface area contributed by atoms with E-state index in [1.807, 2.05) is 12.1 Å². The van der Waals surface area contributed by atoms with Crippen LogP contribution in [0.5, 0.6) is 0 Å². The van der Waals surface area contributed by atoms with Gasteiger partial charge in [0.25, 0.3) is 0 Å². The van der Waals surface area contributed by atoms with Crippen molar-refractivity contribution in [2.45, 2.75) is 18.8 Å². The van der Waals surface area contributed by atoms with Gasteiger partial charge in [0.15, 0.2) is 0 Å². The number of nitrogens with two attached hydrogens (primary N) is 1. The average Bonchev–Trinajstić information content (AvgIpc) is 3.19. The summed E-state index contributed by atoms with van der Waals surface area (Å²) in [6, 6.07) is 10.1. The zero-order chi connectivity index (χ0) is 21.1. The van der Waals surface area contributed by atoms with Gasteiger partial charge < -0.3 is 15.7 Å². The van der Waals surface area contributed by atoms with E-state index in [0.29, 0.717) is 13.1 Å². The fourth-order valence-corrected chi connectivity index (χ4v) is 3.84. The number of hydrogen-bond donors (Lipinski definition) is 3. The Kier molecular flexibility index (Phi) is 5.42. The number of piperidine rings is 1. The van der Waals surface area contributed by atoms with Crippen molar-refractivity contribution in [1.82, 2.24) is 20.1 Å². The van der Waals surface area contributed by atoms with Crippen LogP contribution in [-0.2, 0) is 0 Å². The number of amides is 1. The van der Waals surface area contributed by atoms with Crippen molar-refractivity contribution in [3.05, 3.63) is 60.3 Å². The van der Waals surface area contributed by atoms with Gasteiger partial charge in [0.1, 0.15) is 11.5 Å². The summed E-state index contributed by atoms with van der Waals surface area (Å²) in [5.74, 6) is -0.0939. The third-order valence-corrected chi connectivity index (χ3v) is 5.32. The Bertz CT molecular complexity index is 1060. The number of aliphatic imine (C=N–C) groups is 1. The highest BCUT2D eigenvalue weighted by molar-refractivity contribution is 5.88. The molecule has 0 unspecified atom stereocenters. The summed E-state index contributed by atoms with van der Waals surface area (Å²) < 4.78 is 13.4. The highest BCUT2D eigenvalue weighted by Crippen LogP contribution is 2.39. The number of carbonyl (C=O) groups is 1. The lowest BCUT2D eigenvalue weighted by Crippen LogP contribution is -2.42. The zero-order valence-corrected chi connectivity index (χ0v) is 16.1. The highest BCUT2D eigenvalue weighted by atomic mass is 19.1.